The number of nitrogens with two attached hydrogens (primary N) is 1. The smallest absolute Gasteiger partial charge is 0.251 e. The lowest BCUT2D eigenvalue weighted by Crippen LogP contribution is -2.44. The lowest BCUT2D eigenvalue weighted by molar-refractivity contribution is 0.0730. The van der Waals surface area contributed by atoms with E-state index in [0.29, 0.717) is 44.0 Å². The van der Waals surface area contributed by atoms with Crippen LogP contribution in [-0.4, -0.2) is 57.5 Å². The molecule has 150 valence electrons. The fraction of sp³-hybridized carbons (Fsp3) is 0.632. The summed E-state index contributed by atoms with van der Waals surface area (Å²) in [7, 11) is -3.64. The molecule has 1 heterocycles. The van der Waals surface area contributed by atoms with E-state index in [1.807, 2.05) is 0 Å². The molecular formula is C19H29N3O4S. The predicted octanol–water partition coefficient (Wildman–Crippen LogP) is 1.26. The highest BCUT2D eigenvalue weighted by molar-refractivity contribution is 7.89. The normalized spacial score (nSPS) is 24.5. The number of nitrogens with one attached hydrogen (secondary N) is 1. The van der Waals surface area contributed by atoms with Crippen LogP contribution in [0.4, 0.5) is 0 Å². The molecule has 1 aliphatic carbocycles. The Kier molecular flexibility index (Phi) is 6.52. The van der Waals surface area contributed by atoms with Crippen molar-refractivity contribution in [3.05, 3.63) is 29.3 Å². The SMILES string of the molecule is Cc1ccc(C(=O)NC2CCCCC2CN)cc1S(=O)(=O)N1CCOCC1. The van der Waals surface area contributed by atoms with Crippen molar-refractivity contribution < 1.29 is 17.9 Å². The van der Waals surface area contributed by atoms with E-state index in [9.17, 15) is 13.2 Å². The molecule has 1 saturated heterocycles. The van der Waals surface area contributed by atoms with Gasteiger partial charge in [-0.1, -0.05) is 18.9 Å². The van der Waals surface area contributed by atoms with E-state index < -0.39 is 10.0 Å². The summed E-state index contributed by atoms with van der Waals surface area (Å²) in [6.07, 6.45) is 4.15. The molecule has 0 bridgehead atoms. The molecule has 27 heavy (non-hydrogen) atoms. The van der Waals surface area contributed by atoms with Gasteiger partial charge in [0.25, 0.3) is 5.91 Å². The molecule has 1 aliphatic heterocycles. The average molecular weight is 396 g/mol. The second kappa shape index (κ2) is 8.68. The third-order valence-corrected chi connectivity index (χ3v) is 7.61. The summed E-state index contributed by atoms with van der Waals surface area (Å²) >= 11 is 0. The first-order chi connectivity index (χ1) is 12.9. The Hall–Kier alpha value is -1.48. The van der Waals surface area contributed by atoms with Crippen LogP contribution in [0, 0.1) is 12.8 Å². The fourth-order valence-corrected chi connectivity index (χ4v) is 5.54. The molecule has 3 rings (SSSR count). The Morgan fingerprint density at radius 1 is 1.26 bits per heavy atom. The first-order valence-corrected chi connectivity index (χ1v) is 11.1. The summed E-state index contributed by atoms with van der Waals surface area (Å²) in [5.74, 6) is 0.0449. The predicted molar refractivity (Wildman–Crippen MR) is 103 cm³/mol. The van der Waals surface area contributed by atoms with Crippen LogP contribution < -0.4 is 11.1 Å². The number of amides is 1. The molecule has 0 spiro atoms. The first kappa shape index (κ1) is 20.3. The first-order valence-electron chi connectivity index (χ1n) is 9.63. The Bertz CT molecular complexity index is 775. The molecule has 2 unspecified atom stereocenters. The standard InChI is InChI=1S/C19H29N3O4S/c1-14-6-7-15(19(23)21-17-5-3-2-4-16(17)13-20)12-18(14)27(24,25)22-8-10-26-11-9-22/h6-7,12,16-17H,2-5,8-11,13,20H2,1H3,(H,21,23). The molecular weight excluding hydrogens is 366 g/mol. The number of rotatable bonds is 5. The van der Waals surface area contributed by atoms with Crippen LogP contribution in [-0.2, 0) is 14.8 Å². The number of morpholine rings is 1. The number of aryl methyl sites for hydroxylation is 1. The van der Waals surface area contributed by atoms with Gasteiger partial charge in [-0.15, -0.1) is 0 Å². The Morgan fingerprint density at radius 2 is 1.96 bits per heavy atom. The number of hydrogen-bond donors (Lipinski definition) is 2. The van der Waals surface area contributed by atoms with E-state index in [1.54, 1.807) is 19.1 Å². The molecule has 2 fully saturated rings. The van der Waals surface area contributed by atoms with Crippen molar-refractivity contribution >= 4 is 15.9 Å². The van der Waals surface area contributed by atoms with Crippen LogP contribution in [0.25, 0.3) is 0 Å². The van der Waals surface area contributed by atoms with E-state index in [1.165, 1.54) is 10.4 Å². The number of benzene rings is 1. The van der Waals surface area contributed by atoms with E-state index in [-0.39, 0.29) is 22.8 Å². The van der Waals surface area contributed by atoms with Gasteiger partial charge in [0.2, 0.25) is 10.0 Å². The van der Waals surface area contributed by atoms with Gasteiger partial charge in [0.1, 0.15) is 0 Å². The van der Waals surface area contributed by atoms with Crippen molar-refractivity contribution in [2.24, 2.45) is 11.7 Å². The molecule has 1 aromatic carbocycles. The molecule has 0 aromatic heterocycles. The molecule has 1 saturated carbocycles. The van der Waals surface area contributed by atoms with E-state index in [4.69, 9.17) is 10.5 Å². The van der Waals surface area contributed by atoms with Gasteiger partial charge in [0.05, 0.1) is 18.1 Å². The zero-order chi connectivity index (χ0) is 19.4. The van der Waals surface area contributed by atoms with Crippen molar-refractivity contribution in [3.63, 3.8) is 0 Å². The fourth-order valence-electron chi connectivity index (χ4n) is 3.88. The molecule has 1 aromatic rings. The molecule has 2 aliphatic rings. The van der Waals surface area contributed by atoms with Crippen LogP contribution in [0.1, 0.15) is 41.6 Å². The van der Waals surface area contributed by atoms with Gasteiger partial charge >= 0.3 is 0 Å². The Balaban J connectivity index is 1.81. The zero-order valence-corrected chi connectivity index (χ0v) is 16.6. The highest BCUT2D eigenvalue weighted by Gasteiger charge is 2.29. The summed E-state index contributed by atoms with van der Waals surface area (Å²) in [5.41, 5.74) is 6.85. The number of ether oxygens (including phenoxy) is 1. The molecule has 2 atom stereocenters. The lowest BCUT2D eigenvalue weighted by atomic mass is 9.84. The summed E-state index contributed by atoms with van der Waals surface area (Å²) < 4.78 is 32.7. The van der Waals surface area contributed by atoms with Gasteiger partial charge in [-0.2, -0.15) is 4.31 Å². The van der Waals surface area contributed by atoms with Gasteiger partial charge < -0.3 is 15.8 Å². The third kappa shape index (κ3) is 4.51. The third-order valence-electron chi connectivity index (χ3n) is 5.57. The molecule has 7 nitrogen and oxygen atoms in total. The zero-order valence-electron chi connectivity index (χ0n) is 15.8. The molecule has 8 heteroatoms. The number of nitrogens with zero attached hydrogens (tertiary/aromatic N) is 1. The van der Waals surface area contributed by atoms with E-state index >= 15 is 0 Å². The number of sulfonamides is 1. The number of carbonyl (C=O) groups is 1. The second-order valence-electron chi connectivity index (χ2n) is 7.36. The van der Waals surface area contributed by atoms with Gasteiger partial charge in [-0.05, 0) is 49.9 Å². The maximum absolute atomic E-state index is 13.0. The Morgan fingerprint density at radius 3 is 2.67 bits per heavy atom. The van der Waals surface area contributed by atoms with Crippen molar-refractivity contribution in [1.82, 2.24) is 9.62 Å². The van der Waals surface area contributed by atoms with Gasteiger partial charge in [0, 0.05) is 24.7 Å². The topological polar surface area (TPSA) is 102 Å². The summed E-state index contributed by atoms with van der Waals surface area (Å²) in [6, 6.07) is 4.93. The molecule has 1 amide bonds. The van der Waals surface area contributed by atoms with Gasteiger partial charge in [-0.3, -0.25) is 4.79 Å². The van der Waals surface area contributed by atoms with Crippen molar-refractivity contribution in [3.8, 4) is 0 Å². The number of hydrogen-bond acceptors (Lipinski definition) is 5. The highest BCUT2D eigenvalue weighted by atomic mass is 32.2. The van der Waals surface area contributed by atoms with Crippen molar-refractivity contribution in [2.75, 3.05) is 32.8 Å². The quantitative estimate of drug-likeness (QED) is 0.782. The van der Waals surface area contributed by atoms with Crippen LogP contribution in [0.3, 0.4) is 0 Å². The summed E-state index contributed by atoms with van der Waals surface area (Å²) in [6.45, 7) is 3.74. The van der Waals surface area contributed by atoms with Gasteiger partial charge in [0.15, 0.2) is 0 Å². The highest BCUT2D eigenvalue weighted by Crippen LogP contribution is 2.25. The minimum atomic E-state index is -3.64. The van der Waals surface area contributed by atoms with E-state index in [2.05, 4.69) is 5.32 Å². The minimum Gasteiger partial charge on any atom is -0.379 e. The van der Waals surface area contributed by atoms with Crippen LogP contribution in [0.2, 0.25) is 0 Å². The average Bonchev–Trinajstić information content (AvgIpc) is 2.69. The van der Waals surface area contributed by atoms with Gasteiger partial charge in [-0.25, -0.2) is 8.42 Å². The molecule has 3 N–H and O–H groups in total. The lowest BCUT2D eigenvalue weighted by Gasteiger charge is -2.31. The van der Waals surface area contributed by atoms with Crippen molar-refractivity contribution in [2.45, 2.75) is 43.5 Å². The summed E-state index contributed by atoms with van der Waals surface area (Å²) in [5, 5.41) is 3.07. The molecule has 0 radical (unpaired) electrons. The minimum absolute atomic E-state index is 0.0526. The number of carbonyl (C=O) groups excluding carboxylic acids is 1. The Labute approximate surface area is 161 Å². The van der Waals surface area contributed by atoms with Crippen LogP contribution >= 0.6 is 0 Å². The summed E-state index contributed by atoms with van der Waals surface area (Å²) in [4.78, 5) is 13.0. The maximum atomic E-state index is 13.0. The second-order valence-corrected chi connectivity index (χ2v) is 9.26. The van der Waals surface area contributed by atoms with Crippen LogP contribution in [0.5, 0.6) is 0 Å². The monoisotopic (exact) mass is 395 g/mol. The van der Waals surface area contributed by atoms with Crippen LogP contribution in [0.15, 0.2) is 23.1 Å². The maximum Gasteiger partial charge on any atom is 0.251 e. The van der Waals surface area contributed by atoms with E-state index in [0.717, 1.165) is 25.7 Å². The van der Waals surface area contributed by atoms with Crippen molar-refractivity contribution in [1.29, 1.82) is 0 Å². The largest absolute Gasteiger partial charge is 0.379 e.